The maximum absolute atomic E-state index is 10.8. The number of hydrogen-bond donors (Lipinski definition) is 0. The Bertz CT molecular complexity index is 988. The predicted molar refractivity (Wildman–Crippen MR) is 110 cm³/mol. The Balaban J connectivity index is 1.57. The van der Waals surface area contributed by atoms with Crippen LogP contribution in [0.1, 0.15) is 24.8 Å². The molecule has 0 bridgehead atoms. The highest BCUT2D eigenvalue weighted by Crippen LogP contribution is 2.22. The van der Waals surface area contributed by atoms with Crippen LogP contribution in [-0.4, -0.2) is 45.2 Å². The first-order valence-corrected chi connectivity index (χ1v) is 9.67. The van der Waals surface area contributed by atoms with Gasteiger partial charge in [0, 0.05) is 31.4 Å². The first-order chi connectivity index (χ1) is 13.7. The summed E-state index contributed by atoms with van der Waals surface area (Å²) < 4.78 is 2.16. The quantitative estimate of drug-likeness (QED) is 0.367. The van der Waals surface area contributed by atoms with Gasteiger partial charge in [0.2, 0.25) is 5.95 Å². The standard InChI is InChI=1S/C21H23N5O2/c27-26(28)18-10-8-17(9-11-18)16-22-21-23-19-6-2-3-7-20(19)25(21)15-14-24-12-4-1-5-13-24/h2-3,6-11,16H,1,4-5,12-15H2. The summed E-state index contributed by atoms with van der Waals surface area (Å²) >= 11 is 0. The van der Waals surface area contributed by atoms with Gasteiger partial charge in [0.05, 0.1) is 16.0 Å². The minimum atomic E-state index is -0.402. The van der Waals surface area contributed by atoms with Crippen LogP contribution in [-0.2, 0) is 6.54 Å². The zero-order chi connectivity index (χ0) is 19.3. The maximum Gasteiger partial charge on any atom is 0.269 e. The van der Waals surface area contributed by atoms with Crippen molar-refractivity contribution >= 4 is 28.9 Å². The van der Waals surface area contributed by atoms with Crippen LogP contribution < -0.4 is 0 Å². The Labute approximate surface area is 163 Å². The van der Waals surface area contributed by atoms with Crippen molar-refractivity contribution in [2.75, 3.05) is 19.6 Å². The molecule has 1 saturated heterocycles. The zero-order valence-corrected chi connectivity index (χ0v) is 15.7. The molecule has 3 aromatic rings. The average molecular weight is 377 g/mol. The molecular weight excluding hydrogens is 354 g/mol. The molecule has 2 heterocycles. The molecule has 0 radical (unpaired) electrons. The van der Waals surface area contributed by atoms with Gasteiger partial charge in [-0.1, -0.05) is 18.6 Å². The smallest absolute Gasteiger partial charge is 0.269 e. The van der Waals surface area contributed by atoms with Gasteiger partial charge in [-0.2, -0.15) is 0 Å². The number of piperidine rings is 1. The molecule has 0 unspecified atom stereocenters. The predicted octanol–water partition coefficient (Wildman–Crippen LogP) is 4.18. The number of rotatable bonds is 6. The molecule has 1 aliphatic heterocycles. The molecule has 7 nitrogen and oxygen atoms in total. The first kappa shape index (κ1) is 18.3. The third-order valence-corrected chi connectivity index (χ3v) is 5.16. The van der Waals surface area contributed by atoms with Crippen molar-refractivity contribution in [1.82, 2.24) is 14.5 Å². The van der Waals surface area contributed by atoms with E-state index in [0.29, 0.717) is 5.95 Å². The number of fused-ring (bicyclic) bond motifs is 1. The molecule has 28 heavy (non-hydrogen) atoms. The van der Waals surface area contributed by atoms with Gasteiger partial charge in [0.15, 0.2) is 0 Å². The van der Waals surface area contributed by atoms with Crippen LogP contribution in [0, 0.1) is 10.1 Å². The molecule has 0 amide bonds. The topological polar surface area (TPSA) is 76.6 Å². The lowest BCUT2D eigenvalue weighted by Gasteiger charge is -2.26. The highest BCUT2D eigenvalue weighted by Gasteiger charge is 2.13. The molecule has 0 aliphatic carbocycles. The molecule has 1 fully saturated rings. The van der Waals surface area contributed by atoms with Gasteiger partial charge in [0.25, 0.3) is 5.69 Å². The monoisotopic (exact) mass is 377 g/mol. The number of para-hydroxylation sites is 2. The van der Waals surface area contributed by atoms with Crippen molar-refractivity contribution in [3.05, 3.63) is 64.2 Å². The van der Waals surface area contributed by atoms with Crippen LogP contribution >= 0.6 is 0 Å². The Morgan fingerprint density at radius 3 is 2.54 bits per heavy atom. The molecular formula is C21H23N5O2. The van der Waals surface area contributed by atoms with Crippen LogP contribution in [0.25, 0.3) is 11.0 Å². The molecule has 0 atom stereocenters. The third kappa shape index (κ3) is 4.09. The summed E-state index contributed by atoms with van der Waals surface area (Å²) in [6.45, 7) is 4.15. The number of nitro groups is 1. The van der Waals surface area contributed by atoms with Crippen LogP contribution in [0.3, 0.4) is 0 Å². The summed E-state index contributed by atoms with van der Waals surface area (Å²) in [4.78, 5) is 22.2. The lowest BCUT2D eigenvalue weighted by molar-refractivity contribution is -0.384. The fraction of sp³-hybridized carbons (Fsp3) is 0.333. The SMILES string of the molecule is O=[N+]([O-])c1ccc(C=Nc2nc3ccccc3n2CCN2CCCCC2)cc1. The van der Waals surface area contributed by atoms with Gasteiger partial charge < -0.3 is 9.47 Å². The van der Waals surface area contributed by atoms with Crippen LogP contribution in [0.5, 0.6) is 0 Å². The van der Waals surface area contributed by atoms with E-state index in [9.17, 15) is 10.1 Å². The van der Waals surface area contributed by atoms with Crippen molar-refractivity contribution in [3.63, 3.8) is 0 Å². The number of aliphatic imine (C=N–C) groups is 1. The second-order valence-corrected chi connectivity index (χ2v) is 7.06. The van der Waals surface area contributed by atoms with E-state index in [4.69, 9.17) is 0 Å². The largest absolute Gasteiger partial charge is 0.307 e. The summed E-state index contributed by atoms with van der Waals surface area (Å²) in [6.07, 6.45) is 5.59. The Morgan fingerprint density at radius 2 is 1.79 bits per heavy atom. The number of imidazole rings is 1. The number of nitro benzene ring substituents is 1. The Hall–Kier alpha value is -3.06. The van der Waals surface area contributed by atoms with Gasteiger partial charge in [-0.3, -0.25) is 10.1 Å². The van der Waals surface area contributed by atoms with E-state index >= 15 is 0 Å². The van der Waals surface area contributed by atoms with Crippen molar-refractivity contribution in [2.24, 2.45) is 4.99 Å². The fourth-order valence-electron chi connectivity index (χ4n) is 3.62. The molecule has 0 saturated carbocycles. The highest BCUT2D eigenvalue weighted by molar-refractivity contribution is 5.84. The van der Waals surface area contributed by atoms with Crippen molar-refractivity contribution in [1.29, 1.82) is 0 Å². The molecule has 4 rings (SSSR count). The number of hydrogen-bond acceptors (Lipinski definition) is 5. The number of nitrogens with zero attached hydrogens (tertiary/aromatic N) is 5. The number of non-ortho nitro benzene ring substituents is 1. The second-order valence-electron chi connectivity index (χ2n) is 7.06. The average Bonchev–Trinajstić information content (AvgIpc) is 3.09. The van der Waals surface area contributed by atoms with E-state index in [-0.39, 0.29) is 5.69 Å². The normalized spacial score (nSPS) is 15.4. The minimum absolute atomic E-state index is 0.0749. The summed E-state index contributed by atoms with van der Waals surface area (Å²) in [5, 5.41) is 10.8. The van der Waals surface area contributed by atoms with E-state index in [1.165, 1.54) is 31.4 Å². The van der Waals surface area contributed by atoms with Crippen molar-refractivity contribution < 1.29 is 4.92 Å². The first-order valence-electron chi connectivity index (χ1n) is 9.67. The lowest BCUT2D eigenvalue weighted by Crippen LogP contribution is -2.32. The fourth-order valence-corrected chi connectivity index (χ4v) is 3.62. The zero-order valence-electron chi connectivity index (χ0n) is 15.7. The lowest BCUT2D eigenvalue weighted by atomic mass is 10.1. The van der Waals surface area contributed by atoms with Crippen LogP contribution in [0.4, 0.5) is 11.6 Å². The molecule has 0 spiro atoms. The van der Waals surface area contributed by atoms with Gasteiger partial charge in [-0.05, 0) is 55.8 Å². The summed E-state index contributed by atoms with van der Waals surface area (Å²) in [5.41, 5.74) is 2.89. The van der Waals surface area contributed by atoms with E-state index in [1.807, 2.05) is 18.2 Å². The maximum atomic E-state index is 10.8. The second kappa shape index (κ2) is 8.31. The number of aromatic nitrogens is 2. The molecule has 144 valence electrons. The van der Waals surface area contributed by atoms with Gasteiger partial charge in [-0.25, -0.2) is 9.98 Å². The van der Waals surface area contributed by atoms with Crippen LogP contribution in [0.2, 0.25) is 0 Å². The molecule has 2 aromatic carbocycles. The summed E-state index contributed by atoms with van der Waals surface area (Å²) in [7, 11) is 0. The summed E-state index contributed by atoms with van der Waals surface area (Å²) in [5.74, 6) is 0.663. The number of benzene rings is 2. The van der Waals surface area contributed by atoms with E-state index in [1.54, 1.807) is 18.3 Å². The minimum Gasteiger partial charge on any atom is -0.307 e. The van der Waals surface area contributed by atoms with E-state index in [2.05, 4.69) is 25.5 Å². The van der Waals surface area contributed by atoms with Gasteiger partial charge in [0.1, 0.15) is 0 Å². The Kier molecular flexibility index (Phi) is 5.43. The van der Waals surface area contributed by atoms with E-state index < -0.39 is 4.92 Å². The molecule has 1 aliphatic rings. The summed E-state index contributed by atoms with van der Waals surface area (Å²) in [6, 6.07) is 14.4. The van der Waals surface area contributed by atoms with Crippen LogP contribution in [0.15, 0.2) is 53.5 Å². The molecule has 1 aromatic heterocycles. The molecule has 7 heteroatoms. The Morgan fingerprint density at radius 1 is 1.04 bits per heavy atom. The molecule has 0 N–H and O–H groups in total. The van der Waals surface area contributed by atoms with Crippen molar-refractivity contribution in [2.45, 2.75) is 25.8 Å². The van der Waals surface area contributed by atoms with Gasteiger partial charge >= 0.3 is 0 Å². The van der Waals surface area contributed by atoms with Gasteiger partial charge in [-0.15, -0.1) is 0 Å². The van der Waals surface area contributed by atoms with Crippen molar-refractivity contribution in [3.8, 4) is 0 Å². The van der Waals surface area contributed by atoms with E-state index in [0.717, 1.165) is 42.8 Å². The third-order valence-electron chi connectivity index (χ3n) is 5.16. The highest BCUT2D eigenvalue weighted by atomic mass is 16.6. The number of likely N-dealkylation sites (tertiary alicyclic amines) is 1.